The molecule has 0 amide bonds. The Balaban J connectivity index is 3.18. The largest absolute Gasteiger partial charge is 0.395 e. The zero-order valence-corrected chi connectivity index (χ0v) is 17.4. The molecule has 124 valence electrons. The number of hydrogen-bond acceptors (Lipinski definition) is 2. The lowest BCUT2D eigenvalue weighted by molar-refractivity contribution is 0.0737. The van der Waals surface area contributed by atoms with Crippen LogP contribution in [0.3, 0.4) is 0 Å². The van der Waals surface area contributed by atoms with Crippen molar-refractivity contribution in [2.24, 2.45) is 0 Å². The fraction of sp³-hybridized carbons (Fsp3) is 0.611. The minimum absolute atomic E-state index is 0.00748. The second-order valence-electron chi connectivity index (χ2n) is 7.03. The van der Waals surface area contributed by atoms with Crippen LogP contribution in [0.5, 0.6) is 0 Å². The number of alkyl halides is 1. The number of Topliss-reactive ketones (excluding diaryl/α,β-unsaturated/α-hetero) is 1. The van der Waals surface area contributed by atoms with Gasteiger partial charge < -0.3 is 4.43 Å². The van der Waals surface area contributed by atoms with Gasteiger partial charge in [-0.25, -0.2) is 0 Å². The van der Waals surface area contributed by atoms with E-state index in [9.17, 15) is 4.79 Å². The molecule has 0 aliphatic carbocycles. The van der Waals surface area contributed by atoms with Gasteiger partial charge in [0.2, 0.25) is 14.1 Å². The van der Waals surface area contributed by atoms with E-state index in [-0.39, 0.29) is 5.78 Å². The summed E-state index contributed by atoms with van der Waals surface area (Å²) in [5.41, 5.74) is 2.00. The van der Waals surface area contributed by atoms with Crippen LogP contribution in [-0.2, 0) is 4.43 Å². The molecule has 22 heavy (non-hydrogen) atoms. The number of benzene rings is 1. The van der Waals surface area contributed by atoms with E-state index >= 15 is 0 Å². The molecule has 1 aromatic carbocycles. The first-order valence-corrected chi connectivity index (χ1v) is 11.0. The topological polar surface area (TPSA) is 26.3 Å². The summed E-state index contributed by atoms with van der Waals surface area (Å²) in [4.78, 5) is 12.9. The molecular formula is C18H29BrO2Si. The Hall–Kier alpha value is -0.453. The van der Waals surface area contributed by atoms with Crippen molar-refractivity contribution in [3.63, 3.8) is 0 Å². The van der Waals surface area contributed by atoms with Crippen LogP contribution < -0.4 is 0 Å². The summed E-state index contributed by atoms with van der Waals surface area (Å²) in [7, 11) is -2.13. The van der Waals surface area contributed by atoms with E-state index in [1.54, 1.807) is 0 Å². The standard InChI is InChI=1S/C18H29BrO2Si/c1-13(2)22(14(3)4,15(5)6)21-18(7,19)17(20)16-11-9-8-10-12-16/h8-15H,1-7H3. The molecule has 4 heteroatoms. The molecular weight excluding hydrogens is 356 g/mol. The summed E-state index contributed by atoms with van der Waals surface area (Å²) in [6.45, 7) is 15.2. The Morgan fingerprint density at radius 1 is 1.00 bits per heavy atom. The van der Waals surface area contributed by atoms with Gasteiger partial charge >= 0.3 is 0 Å². The molecule has 1 unspecified atom stereocenters. The van der Waals surface area contributed by atoms with Crippen molar-refractivity contribution in [1.29, 1.82) is 0 Å². The Labute approximate surface area is 144 Å². The first kappa shape index (κ1) is 19.6. The number of rotatable bonds is 7. The lowest BCUT2D eigenvalue weighted by atomic mass is 10.1. The monoisotopic (exact) mass is 384 g/mol. The Morgan fingerprint density at radius 3 is 1.77 bits per heavy atom. The van der Waals surface area contributed by atoms with Crippen LogP contribution >= 0.6 is 15.9 Å². The first-order valence-electron chi connectivity index (χ1n) is 8.04. The van der Waals surface area contributed by atoms with Gasteiger partial charge in [-0.15, -0.1) is 0 Å². The number of carbonyl (C=O) groups is 1. The lowest BCUT2D eigenvalue weighted by Crippen LogP contribution is -2.54. The maximum Gasteiger partial charge on any atom is 0.204 e. The van der Waals surface area contributed by atoms with E-state index in [1.165, 1.54) is 0 Å². The van der Waals surface area contributed by atoms with Gasteiger partial charge in [-0.3, -0.25) is 4.79 Å². The number of ketones is 1. The number of halogens is 1. The summed E-state index contributed by atoms with van der Waals surface area (Å²) < 4.78 is 5.66. The number of hydrogen-bond donors (Lipinski definition) is 0. The van der Waals surface area contributed by atoms with Crippen molar-refractivity contribution in [3.05, 3.63) is 35.9 Å². The van der Waals surface area contributed by atoms with E-state index in [2.05, 4.69) is 57.5 Å². The molecule has 0 aliphatic rings. The van der Waals surface area contributed by atoms with Gasteiger partial charge in [-0.1, -0.05) is 71.9 Å². The maximum atomic E-state index is 12.9. The summed E-state index contributed by atoms with van der Waals surface area (Å²) in [5, 5.41) is 0. The Morgan fingerprint density at radius 2 is 1.41 bits per heavy atom. The third-order valence-corrected chi connectivity index (χ3v) is 11.5. The minimum atomic E-state index is -2.13. The van der Waals surface area contributed by atoms with Gasteiger partial charge in [0.05, 0.1) is 0 Å². The zero-order chi connectivity index (χ0) is 17.1. The van der Waals surface area contributed by atoms with E-state index in [0.29, 0.717) is 22.2 Å². The lowest BCUT2D eigenvalue weighted by Gasteiger charge is -2.46. The predicted molar refractivity (Wildman–Crippen MR) is 100 cm³/mol. The average molecular weight is 385 g/mol. The molecule has 2 nitrogen and oxygen atoms in total. The fourth-order valence-electron chi connectivity index (χ4n) is 3.58. The van der Waals surface area contributed by atoms with Crippen LogP contribution in [0.4, 0.5) is 0 Å². The van der Waals surface area contributed by atoms with Crippen molar-refractivity contribution in [2.45, 2.75) is 69.6 Å². The van der Waals surface area contributed by atoms with Gasteiger partial charge in [0.15, 0.2) is 4.51 Å². The van der Waals surface area contributed by atoms with E-state index in [0.717, 1.165) is 0 Å². The highest BCUT2D eigenvalue weighted by Crippen LogP contribution is 2.46. The Bertz CT molecular complexity index is 473. The van der Waals surface area contributed by atoms with Gasteiger partial charge in [0.1, 0.15) is 0 Å². The van der Waals surface area contributed by atoms with Crippen molar-refractivity contribution in [2.75, 3.05) is 0 Å². The molecule has 0 radical (unpaired) electrons. The smallest absolute Gasteiger partial charge is 0.204 e. The highest BCUT2D eigenvalue weighted by Gasteiger charge is 2.50. The Kier molecular flexibility index (Phi) is 6.60. The summed E-state index contributed by atoms with van der Waals surface area (Å²) in [6.07, 6.45) is 0. The van der Waals surface area contributed by atoms with Crippen LogP contribution in [0.25, 0.3) is 0 Å². The molecule has 1 atom stereocenters. The summed E-state index contributed by atoms with van der Waals surface area (Å²) in [5.74, 6) is -0.00748. The third kappa shape index (κ3) is 3.90. The third-order valence-electron chi connectivity index (χ3n) is 4.52. The van der Waals surface area contributed by atoms with Crippen LogP contribution in [-0.4, -0.2) is 18.6 Å². The highest BCUT2D eigenvalue weighted by atomic mass is 79.9. The van der Waals surface area contributed by atoms with Crippen molar-refractivity contribution >= 4 is 30.0 Å². The minimum Gasteiger partial charge on any atom is -0.395 e. The van der Waals surface area contributed by atoms with E-state index < -0.39 is 12.8 Å². The normalized spacial score (nSPS) is 15.4. The molecule has 0 saturated carbocycles. The van der Waals surface area contributed by atoms with Crippen LogP contribution in [0, 0.1) is 0 Å². The van der Waals surface area contributed by atoms with Gasteiger partial charge in [-0.05, 0) is 39.5 Å². The second kappa shape index (κ2) is 7.41. The molecule has 0 fully saturated rings. The summed E-state index contributed by atoms with van der Waals surface area (Å²) >= 11 is 3.59. The SMILES string of the molecule is CC(C)[Si](OC(C)(Br)C(=O)c1ccccc1)(C(C)C)C(C)C. The molecule has 0 bridgehead atoms. The maximum absolute atomic E-state index is 12.9. The molecule has 1 rings (SSSR count). The summed E-state index contributed by atoms with van der Waals surface area (Å²) in [6, 6.07) is 9.37. The first-order chi connectivity index (χ1) is 10.1. The molecule has 0 aliphatic heterocycles. The number of carbonyl (C=O) groups excluding carboxylic acids is 1. The van der Waals surface area contributed by atoms with E-state index in [4.69, 9.17) is 4.43 Å². The van der Waals surface area contributed by atoms with Gasteiger partial charge in [-0.2, -0.15) is 0 Å². The molecule has 0 heterocycles. The van der Waals surface area contributed by atoms with Crippen molar-refractivity contribution in [3.8, 4) is 0 Å². The van der Waals surface area contributed by atoms with Crippen molar-refractivity contribution < 1.29 is 9.22 Å². The van der Waals surface area contributed by atoms with Crippen LogP contribution in [0.2, 0.25) is 16.6 Å². The van der Waals surface area contributed by atoms with Crippen LogP contribution in [0.15, 0.2) is 30.3 Å². The molecule has 0 N–H and O–H groups in total. The predicted octanol–water partition coefficient (Wildman–Crippen LogP) is 6.17. The fourth-order valence-corrected chi connectivity index (χ4v) is 10.1. The second-order valence-corrected chi connectivity index (χ2v) is 13.9. The van der Waals surface area contributed by atoms with Crippen molar-refractivity contribution in [1.82, 2.24) is 0 Å². The molecule has 0 spiro atoms. The molecule has 0 saturated heterocycles. The van der Waals surface area contributed by atoms with E-state index in [1.807, 2.05) is 37.3 Å². The molecule has 0 aromatic heterocycles. The molecule has 1 aromatic rings. The van der Waals surface area contributed by atoms with Gasteiger partial charge in [0.25, 0.3) is 0 Å². The zero-order valence-electron chi connectivity index (χ0n) is 14.8. The highest BCUT2D eigenvalue weighted by molar-refractivity contribution is 9.10. The van der Waals surface area contributed by atoms with Gasteiger partial charge in [0, 0.05) is 5.56 Å². The van der Waals surface area contributed by atoms with Crippen LogP contribution in [0.1, 0.15) is 58.8 Å². The average Bonchev–Trinajstić information content (AvgIpc) is 2.43. The quantitative estimate of drug-likeness (QED) is 0.319.